The Morgan fingerprint density at radius 2 is 0.611 bits per heavy atom. The van der Waals surface area contributed by atoms with Gasteiger partial charge >= 0.3 is 58.0 Å². The highest BCUT2D eigenvalue weighted by atomic mass is 16.6. The van der Waals surface area contributed by atoms with Gasteiger partial charge in [-0.3, -0.25) is 14.4 Å². The van der Waals surface area contributed by atoms with Crippen LogP contribution in [0.1, 0.15) is 113 Å². The smallest absolute Gasteiger partial charge is 0.338 e. The van der Waals surface area contributed by atoms with Crippen LogP contribution in [0.15, 0.2) is 325 Å². The molecule has 0 aliphatic heterocycles. The third-order valence-electron chi connectivity index (χ3n) is 22.5. The van der Waals surface area contributed by atoms with E-state index < -0.39 is 40.1 Å². The van der Waals surface area contributed by atoms with Crippen LogP contribution in [0, 0.1) is 5.41 Å². The topological polar surface area (TPSA) is 345 Å². The van der Waals surface area contributed by atoms with E-state index in [-0.39, 0.29) is 36.2 Å². The van der Waals surface area contributed by atoms with E-state index in [2.05, 4.69) is 13.5 Å². The van der Waals surface area contributed by atoms with Gasteiger partial charge in [-0.15, -0.1) is 6.58 Å². The highest BCUT2D eigenvalue weighted by Crippen LogP contribution is 2.44. The van der Waals surface area contributed by atoms with E-state index in [1.165, 1.54) is 72.0 Å². The first-order valence-electron chi connectivity index (χ1n) is 46.5. The summed E-state index contributed by atoms with van der Waals surface area (Å²) in [5, 5.41) is 4.00. The Hall–Kier alpha value is -17.2. The molecule has 5 aromatic heterocycles. The minimum Gasteiger partial charge on any atom is -0.493 e. The highest BCUT2D eigenvalue weighted by Gasteiger charge is 2.26. The maximum Gasteiger partial charge on any atom is 0.338 e. The molecule has 0 N–H and O–H groups in total. The number of hydrogen-bond acceptors (Lipinski definition) is 30. The molecule has 30 nitrogen and oxygen atoms in total. The fraction of sp³-hybridized carbons (Fsp3) is 0.246. The van der Waals surface area contributed by atoms with Crippen LogP contribution in [0.4, 0.5) is 56.9 Å². The Balaban J connectivity index is 0.000000172. The van der Waals surface area contributed by atoms with Crippen molar-refractivity contribution in [3.63, 3.8) is 0 Å². The van der Waals surface area contributed by atoms with E-state index in [0.717, 1.165) is 93.9 Å². The summed E-state index contributed by atoms with van der Waals surface area (Å²) in [5.74, 6) is 1.97. The first kappa shape index (κ1) is 107. The van der Waals surface area contributed by atoms with Gasteiger partial charge < -0.3 is 94.0 Å². The van der Waals surface area contributed by atoms with Crippen molar-refractivity contribution in [1.29, 1.82) is 0 Å². The van der Waals surface area contributed by atoms with Gasteiger partial charge in [0, 0.05) is 176 Å². The van der Waals surface area contributed by atoms with Gasteiger partial charge in [-0.1, -0.05) is 140 Å². The van der Waals surface area contributed by atoms with Crippen molar-refractivity contribution in [3.8, 4) is 57.5 Å². The van der Waals surface area contributed by atoms with Crippen molar-refractivity contribution in [2.75, 3.05) is 95.3 Å². The molecule has 0 amide bonds. The fourth-order valence-corrected chi connectivity index (χ4v) is 15.1. The number of allylic oxidation sites excluding steroid dienone is 3. The quantitative estimate of drug-likeness (QED) is 0.00920. The minimum atomic E-state index is -0.470. The van der Waals surface area contributed by atoms with E-state index in [9.17, 15) is 47.9 Å². The predicted molar refractivity (Wildman–Crippen MR) is 562 cm³/mol. The zero-order chi connectivity index (χ0) is 104. The number of nitrogens with zero attached hydrogens (tertiary/aromatic N) is 5. The Morgan fingerprint density at radius 3 is 0.882 bits per heavy atom. The normalized spacial score (nSPS) is 11.0. The summed E-state index contributed by atoms with van der Waals surface area (Å²) in [6.07, 6.45) is 13.4. The van der Waals surface area contributed by atoms with Crippen LogP contribution < -0.4 is 100.0 Å². The summed E-state index contributed by atoms with van der Waals surface area (Å²) in [4.78, 5) is 130. The van der Waals surface area contributed by atoms with Gasteiger partial charge in [0.25, 0.3) is 0 Å². The second-order valence-corrected chi connectivity index (χ2v) is 33.9. The second kappa shape index (κ2) is 51.1. The summed E-state index contributed by atoms with van der Waals surface area (Å²) in [5.41, 5.74) is 7.78. The molecule has 0 aliphatic rings. The van der Waals surface area contributed by atoms with Crippen molar-refractivity contribution < 1.29 is 93.4 Å². The first-order valence-corrected chi connectivity index (χ1v) is 46.5. The number of benzene rings is 10. The number of anilines is 10. The molecule has 5 heterocycles. The molecular formula is C114H117N5O25. The number of para-hydroxylation sites is 5. The van der Waals surface area contributed by atoms with E-state index in [0.29, 0.717) is 132 Å². The first-order chi connectivity index (χ1) is 69.2. The summed E-state index contributed by atoms with van der Waals surface area (Å²) >= 11 is 0. The highest BCUT2D eigenvalue weighted by molar-refractivity contribution is 5.98. The maximum atomic E-state index is 12.3. The summed E-state index contributed by atoms with van der Waals surface area (Å²) in [7, 11) is 16.8. The van der Waals surface area contributed by atoms with Crippen molar-refractivity contribution in [2.45, 2.75) is 113 Å². The molecule has 15 rings (SSSR count). The number of methoxy groups -OCH3 is 5. The van der Waals surface area contributed by atoms with Crippen LogP contribution in [0.5, 0.6) is 57.5 Å². The number of carbonyl (C=O) groups excluding carboxylic acids is 5. The zero-order valence-electron chi connectivity index (χ0n) is 83.6. The maximum absolute atomic E-state index is 12.3. The van der Waals surface area contributed by atoms with E-state index >= 15 is 0 Å². The van der Waals surface area contributed by atoms with E-state index in [1.807, 2.05) is 216 Å². The zero-order valence-corrected chi connectivity index (χ0v) is 83.6. The van der Waals surface area contributed by atoms with Gasteiger partial charge in [0.05, 0.1) is 70.4 Å². The number of hydrogen-bond donors (Lipinski definition) is 0. The lowest BCUT2D eigenvalue weighted by molar-refractivity contribution is -0.137. The fourth-order valence-electron chi connectivity index (χ4n) is 15.1. The molecule has 0 bridgehead atoms. The van der Waals surface area contributed by atoms with Crippen LogP contribution in [0.2, 0.25) is 0 Å². The summed E-state index contributed by atoms with van der Waals surface area (Å²) < 4.78 is 80.6. The Morgan fingerprint density at radius 1 is 0.333 bits per heavy atom. The Labute approximate surface area is 832 Å². The lowest BCUT2D eigenvalue weighted by atomic mass is 9.92. The Bertz CT molecular complexity index is 7490. The molecule has 30 heteroatoms. The van der Waals surface area contributed by atoms with Gasteiger partial charge in [0.2, 0.25) is 0 Å². The van der Waals surface area contributed by atoms with Gasteiger partial charge in [-0.25, -0.2) is 33.6 Å². The van der Waals surface area contributed by atoms with Gasteiger partial charge in [-0.2, -0.15) is 0 Å². The van der Waals surface area contributed by atoms with Crippen molar-refractivity contribution in [2.24, 2.45) is 5.41 Å². The molecule has 0 unspecified atom stereocenters. The number of unbranched alkanes of at least 4 members (excludes halogenated alkanes) is 3. The summed E-state index contributed by atoms with van der Waals surface area (Å²) in [6.45, 7) is 17.3. The third-order valence-corrected chi connectivity index (χ3v) is 22.5. The van der Waals surface area contributed by atoms with Gasteiger partial charge in [-0.05, 0) is 159 Å². The average Bonchev–Trinajstić information content (AvgIpc) is 0.802. The second-order valence-electron chi connectivity index (χ2n) is 33.9. The van der Waals surface area contributed by atoms with Crippen molar-refractivity contribution in [3.05, 3.63) is 331 Å². The number of ether oxygens (including phenoxy) is 10. The SMILES string of the molecule is C=CCCC(=O)Oc1cc(N(C)c2cc(=O)oc3ccccc23)ccc1OC.CC/C=C(\C)C(=O)Oc1cc(N(C)c2cc(=O)oc3ccccc23)ccc1OC.CCC/C=C/C(=O)Oc1cc(N(C)c2cc(=O)oc3ccccc23)ccc1OC.CCCCCC(=O)Oc1cc(N(C)c2cc(=O)oc3ccccc23)ccc1OC.COc1ccc(N(C)c2cc(=O)oc3ccccc23)cc1OC(=O)CC(C)(C)C. The molecule has 0 saturated carbocycles. The van der Waals surface area contributed by atoms with E-state index in [1.54, 1.807) is 116 Å². The molecular weight excluding hydrogens is 1840 g/mol. The number of rotatable bonds is 33. The average molecular weight is 1960 g/mol. The molecule has 0 spiro atoms. The van der Waals surface area contributed by atoms with Crippen molar-refractivity contribution in [1.82, 2.24) is 0 Å². The molecule has 0 fully saturated rings. The van der Waals surface area contributed by atoms with Crippen LogP contribution in [-0.4, -0.2) is 101 Å². The largest absolute Gasteiger partial charge is 0.493 e. The Kier molecular flexibility index (Phi) is 38.1. The predicted octanol–water partition coefficient (Wildman–Crippen LogP) is 24.1. The van der Waals surface area contributed by atoms with Crippen molar-refractivity contribution >= 4 is 142 Å². The molecule has 144 heavy (non-hydrogen) atoms. The molecule has 0 atom stereocenters. The number of esters is 5. The molecule has 0 radical (unpaired) electrons. The van der Waals surface area contributed by atoms with Crippen LogP contribution >= 0.6 is 0 Å². The number of fused-ring (bicyclic) bond motifs is 5. The van der Waals surface area contributed by atoms with Gasteiger partial charge in [0.15, 0.2) is 57.5 Å². The molecule has 15 aromatic rings. The van der Waals surface area contributed by atoms with Crippen LogP contribution in [0.25, 0.3) is 54.8 Å². The van der Waals surface area contributed by atoms with E-state index in [4.69, 9.17) is 69.5 Å². The van der Waals surface area contributed by atoms with Crippen LogP contribution in [0.3, 0.4) is 0 Å². The monoisotopic (exact) mass is 1960 g/mol. The van der Waals surface area contributed by atoms with Crippen LogP contribution in [-0.2, 0) is 24.0 Å². The molecule has 0 saturated heterocycles. The molecule has 0 aliphatic carbocycles. The minimum absolute atomic E-state index is 0.185. The molecule has 10 aromatic carbocycles. The number of carbonyl (C=O) groups is 5. The third kappa shape index (κ3) is 28.6. The van der Waals surface area contributed by atoms with Gasteiger partial charge in [0.1, 0.15) is 27.9 Å². The lowest BCUT2D eigenvalue weighted by Gasteiger charge is -2.22. The standard InChI is InChI=1S/C23H25NO5.C23H23NO5.C23H25NO5.C23H23NO5.C22H21NO5/c1-23(2,3)14-22(26)29-20-12-15(10-11-19(20)27-5)24(4)17-13-21(25)28-18-9-7-6-8-16(17)18;1-5-8-15(2)23(26)29-21-13-16(11-12-20(21)27-4)24(3)18-14-22(25)28-19-10-7-6-9-17(18)19;2*1-4-5-6-11-22(25)29-21-14-16(12-13-20(21)27-3)24(2)18-15-23(26)28-19-10-8-7-9-17(18)19;1-4-5-10-21(24)28-20-13-15(11-12-19(20)26-3)23(2)17-14-22(25)27-18-9-7-6-8-16(17)18/h6-13H,14H2,1-5H3;6-14H,5H2,1-4H3;7-10,12-15H,4-6,11H2,1-3H3;6-15H,4-5H2,1-3H3;4,6-9,11-14H,1,5,10H2,2-3H3/b;15-8+;;11-6+;. The molecule has 748 valence electrons. The summed E-state index contributed by atoms with van der Waals surface area (Å²) in [6, 6.07) is 70.2. The lowest BCUT2D eigenvalue weighted by Crippen LogP contribution is -2.18.